The Morgan fingerprint density at radius 3 is 2.64 bits per heavy atom. The molecule has 5 heteroatoms. The number of rotatable bonds is 7. The monoisotopic (exact) mass is 346 g/mol. The van der Waals surface area contributed by atoms with Gasteiger partial charge in [-0.3, -0.25) is 4.90 Å². The van der Waals surface area contributed by atoms with Crippen LogP contribution in [-0.4, -0.2) is 49.7 Å². The zero-order chi connectivity index (χ0) is 18.1. The molecule has 0 aromatic heterocycles. The SMILES string of the molecule is CCNC(=NCc1cccc(OC)c1)NCC(C)(C)N1CCCCC1. The van der Waals surface area contributed by atoms with Crippen LogP contribution in [0.25, 0.3) is 0 Å². The van der Waals surface area contributed by atoms with E-state index in [1.807, 2.05) is 18.2 Å². The predicted octanol–water partition coefficient (Wildman–Crippen LogP) is 3.01. The molecule has 0 amide bonds. The summed E-state index contributed by atoms with van der Waals surface area (Å²) in [5.41, 5.74) is 1.28. The molecule has 0 spiro atoms. The van der Waals surface area contributed by atoms with Crippen LogP contribution in [0, 0.1) is 0 Å². The Balaban J connectivity index is 1.94. The molecule has 1 aromatic rings. The third-order valence-electron chi connectivity index (χ3n) is 4.80. The second-order valence-corrected chi connectivity index (χ2v) is 7.26. The predicted molar refractivity (Wildman–Crippen MR) is 105 cm³/mol. The van der Waals surface area contributed by atoms with Crippen molar-refractivity contribution < 1.29 is 4.74 Å². The largest absolute Gasteiger partial charge is 0.497 e. The van der Waals surface area contributed by atoms with Crippen molar-refractivity contribution in [3.63, 3.8) is 0 Å². The van der Waals surface area contributed by atoms with Gasteiger partial charge in [-0.15, -0.1) is 0 Å². The average molecular weight is 347 g/mol. The molecule has 0 radical (unpaired) electrons. The number of ether oxygens (including phenoxy) is 1. The minimum absolute atomic E-state index is 0.132. The van der Waals surface area contributed by atoms with Crippen LogP contribution in [0.2, 0.25) is 0 Å². The standard InChI is InChI=1S/C20H34N4O/c1-5-21-19(22-15-17-10-9-11-18(14-17)25-4)23-16-20(2,3)24-12-7-6-8-13-24/h9-11,14H,5-8,12-13,15-16H2,1-4H3,(H2,21,22,23). The van der Waals surface area contributed by atoms with Gasteiger partial charge in [-0.25, -0.2) is 4.99 Å². The number of methoxy groups -OCH3 is 1. The summed E-state index contributed by atoms with van der Waals surface area (Å²) in [5, 5.41) is 6.87. The van der Waals surface area contributed by atoms with Crippen LogP contribution >= 0.6 is 0 Å². The number of nitrogens with zero attached hydrogens (tertiary/aromatic N) is 2. The van der Waals surface area contributed by atoms with Crippen molar-refractivity contribution in [2.75, 3.05) is 33.3 Å². The normalized spacial score (nSPS) is 16.6. The van der Waals surface area contributed by atoms with Crippen LogP contribution in [0.4, 0.5) is 0 Å². The summed E-state index contributed by atoms with van der Waals surface area (Å²) in [6.45, 7) is 11.5. The Labute approximate surface area is 152 Å². The molecule has 1 heterocycles. The van der Waals surface area contributed by atoms with Crippen LogP contribution in [-0.2, 0) is 6.54 Å². The number of nitrogens with one attached hydrogen (secondary N) is 2. The first-order valence-electron chi connectivity index (χ1n) is 9.45. The molecule has 0 atom stereocenters. The van der Waals surface area contributed by atoms with E-state index in [2.05, 4.69) is 42.4 Å². The molecule has 2 N–H and O–H groups in total. The summed E-state index contributed by atoms with van der Waals surface area (Å²) >= 11 is 0. The highest BCUT2D eigenvalue weighted by molar-refractivity contribution is 5.79. The van der Waals surface area contributed by atoms with Gasteiger partial charge in [0.1, 0.15) is 5.75 Å². The summed E-state index contributed by atoms with van der Waals surface area (Å²) in [5.74, 6) is 1.74. The van der Waals surface area contributed by atoms with Gasteiger partial charge < -0.3 is 15.4 Å². The van der Waals surface area contributed by atoms with E-state index in [1.54, 1.807) is 7.11 Å². The topological polar surface area (TPSA) is 48.9 Å². The Morgan fingerprint density at radius 2 is 1.96 bits per heavy atom. The molecule has 0 aliphatic carbocycles. The van der Waals surface area contributed by atoms with E-state index in [9.17, 15) is 0 Å². The van der Waals surface area contributed by atoms with Crippen LogP contribution in [0.3, 0.4) is 0 Å². The van der Waals surface area contributed by atoms with Crippen molar-refractivity contribution in [2.24, 2.45) is 4.99 Å². The van der Waals surface area contributed by atoms with Gasteiger partial charge in [0.15, 0.2) is 5.96 Å². The number of guanidine groups is 1. The second kappa shape index (κ2) is 9.66. The number of aliphatic imine (C=N–C) groups is 1. The molecule has 1 aliphatic rings. The number of hydrogen-bond donors (Lipinski definition) is 2. The quantitative estimate of drug-likeness (QED) is 0.589. The van der Waals surface area contributed by atoms with E-state index in [4.69, 9.17) is 9.73 Å². The molecule has 1 aromatic carbocycles. The molecular formula is C20H34N4O. The zero-order valence-corrected chi connectivity index (χ0v) is 16.3. The first kappa shape index (κ1) is 19.6. The van der Waals surface area contributed by atoms with E-state index in [1.165, 1.54) is 32.4 Å². The number of likely N-dealkylation sites (tertiary alicyclic amines) is 1. The molecule has 0 unspecified atom stereocenters. The van der Waals surface area contributed by atoms with E-state index in [0.29, 0.717) is 6.54 Å². The second-order valence-electron chi connectivity index (χ2n) is 7.26. The summed E-state index contributed by atoms with van der Waals surface area (Å²) in [4.78, 5) is 7.32. The third kappa shape index (κ3) is 6.24. The van der Waals surface area contributed by atoms with Gasteiger partial charge in [0.05, 0.1) is 13.7 Å². The van der Waals surface area contributed by atoms with Crippen molar-refractivity contribution in [1.82, 2.24) is 15.5 Å². The van der Waals surface area contributed by atoms with Crippen molar-refractivity contribution in [1.29, 1.82) is 0 Å². The highest BCUT2D eigenvalue weighted by Crippen LogP contribution is 2.19. The summed E-state index contributed by atoms with van der Waals surface area (Å²) in [6.07, 6.45) is 3.99. The molecule has 25 heavy (non-hydrogen) atoms. The maximum absolute atomic E-state index is 5.28. The maximum Gasteiger partial charge on any atom is 0.191 e. The number of hydrogen-bond acceptors (Lipinski definition) is 3. The van der Waals surface area contributed by atoms with Gasteiger partial charge >= 0.3 is 0 Å². The van der Waals surface area contributed by atoms with Crippen LogP contribution in [0.15, 0.2) is 29.3 Å². The van der Waals surface area contributed by atoms with Gasteiger partial charge in [0.25, 0.3) is 0 Å². The molecule has 0 saturated carbocycles. The van der Waals surface area contributed by atoms with Gasteiger partial charge in [-0.1, -0.05) is 18.6 Å². The minimum Gasteiger partial charge on any atom is -0.497 e. The molecule has 1 saturated heterocycles. The van der Waals surface area contributed by atoms with Gasteiger partial charge in [-0.2, -0.15) is 0 Å². The van der Waals surface area contributed by atoms with Crippen molar-refractivity contribution in [2.45, 2.75) is 52.1 Å². The van der Waals surface area contributed by atoms with Crippen molar-refractivity contribution in [3.05, 3.63) is 29.8 Å². The zero-order valence-electron chi connectivity index (χ0n) is 16.3. The lowest BCUT2D eigenvalue weighted by atomic mass is 9.98. The lowest BCUT2D eigenvalue weighted by molar-refractivity contribution is 0.0982. The van der Waals surface area contributed by atoms with Crippen LogP contribution in [0.1, 0.15) is 45.6 Å². The summed E-state index contributed by atoms with van der Waals surface area (Å²) < 4.78 is 5.28. The smallest absolute Gasteiger partial charge is 0.191 e. The van der Waals surface area contributed by atoms with Crippen molar-refractivity contribution >= 4 is 5.96 Å². The average Bonchev–Trinajstić information content (AvgIpc) is 2.65. The highest BCUT2D eigenvalue weighted by atomic mass is 16.5. The van der Waals surface area contributed by atoms with E-state index < -0.39 is 0 Å². The molecule has 1 aliphatic heterocycles. The molecule has 0 bridgehead atoms. The first-order valence-corrected chi connectivity index (χ1v) is 9.45. The molecule has 5 nitrogen and oxygen atoms in total. The first-order chi connectivity index (χ1) is 12.0. The van der Waals surface area contributed by atoms with E-state index >= 15 is 0 Å². The third-order valence-corrected chi connectivity index (χ3v) is 4.80. The lowest BCUT2D eigenvalue weighted by Crippen LogP contribution is -2.54. The van der Waals surface area contributed by atoms with Crippen LogP contribution < -0.4 is 15.4 Å². The van der Waals surface area contributed by atoms with Gasteiger partial charge in [0, 0.05) is 18.6 Å². The fourth-order valence-corrected chi connectivity index (χ4v) is 3.19. The van der Waals surface area contributed by atoms with E-state index in [-0.39, 0.29) is 5.54 Å². The lowest BCUT2D eigenvalue weighted by Gasteiger charge is -2.41. The van der Waals surface area contributed by atoms with Crippen molar-refractivity contribution in [3.8, 4) is 5.75 Å². The Bertz CT molecular complexity index is 550. The van der Waals surface area contributed by atoms with Gasteiger partial charge in [-0.05, 0) is 64.4 Å². The molecule has 1 fully saturated rings. The van der Waals surface area contributed by atoms with Crippen LogP contribution in [0.5, 0.6) is 5.75 Å². The molecule has 2 rings (SSSR count). The molecule has 140 valence electrons. The maximum atomic E-state index is 5.28. The Kier molecular flexibility index (Phi) is 7.56. The Morgan fingerprint density at radius 1 is 1.20 bits per heavy atom. The Hall–Kier alpha value is -1.75. The van der Waals surface area contributed by atoms with Gasteiger partial charge in [0.2, 0.25) is 0 Å². The highest BCUT2D eigenvalue weighted by Gasteiger charge is 2.27. The minimum atomic E-state index is 0.132. The van der Waals surface area contributed by atoms with E-state index in [0.717, 1.165) is 30.4 Å². The number of benzene rings is 1. The molecular weight excluding hydrogens is 312 g/mol. The fraction of sp³-hybridized carbons (Fsp3) is 0.650. The summed E-state index contributed by atoms with van der Waals surface area (Å²) in [7, 11) is 1.69. The fourth-order valence-electron chi connectivity index (χ4n) is 3.19. The number of piperidine rings is 1. The summed E-state index contributed by atoms with van der Waals surface area (Å²) in [6, 6.07) is 8.07.